The van der Waals surface area contributed by atoms with Crippen LogP contribution in [0.3, 0.4) is 0 Å². The highest BCUT2D eigenvalue weighted by Gasteiger charge is 2.43. The molecule has 2 fully saturated rings. The molecular weight excluding hydrogens is 314 g/mol. The van der Waals surface area contributed by atoms with Crippen molar-refractivity contribution in [1.29, 1.82) is 5.26 Å². The van der Waals surface area contributed by atoms with Crippen molar-refractivity contribution in [2.24, 2.45) is 5.41 Å². The largest absolute Gasteiger partial charge is 0.444 e. The highest BCUT2D eigenvalue weighted by molar-refractivity contribution is 5.68. The van der Waals surface area contributed by atoms with Crippen LogP contribution in [-0.2, 0) is 4.74 Å². The zero-order valence-electron chi connectivity index (χ0n) is 15.4. The number of rotatable bonds is 1. The second-order valence-electron chi connectivity index (χ2n) is 8.27. The van der Waals surface area contributed by atoms with Crippen molar-refractivity contribution >= 4 is 11.8 Å². The van der Waals surface area contributed by atoms with Crippen molar-refractivity contribution < 1.29 is 9.53 Å². The summed E-state index contributed by atoms with van der Waals surface area (Å²) in [7, 11) is 0. The molecule has 0 aliphatic carbocycles. The highest BCUT2D eigenvalue weighted by Crippen LogP contribution is 2.42. The molecular formula is C20H27N3O2. The maximum atomic E-state index is 12.3. The van der Waals surface area contributed by atoms with E-state index in [4.69, 9.17) is 4.74 Å². The summed E-state index contributed by atoms with van der Waals surface area (Å²) in [6.45, 7) is 9.15. The first-order valence-electron chi connectivity index (χ1n) is 9.04. The molecule has 2 saturated heterocycles. The van der Waals surface area contributed by atoms with E-state index in [-0.39, 0.29) is 11.5 Å². The first-order valence-corrected chi connectivity index (χ1v) is 9.04. The average molecular weight is 341 g/mol. The molecule has 1 amide bonds. The molecule has 0 unspecified atom stereocenters. The smallest absolute Gasteiger partial charge is 0.410 e. The number of carbonyl (C=O) groups excluding carboxylic acids is 1. The maximum absolute atomic E-state index is 12.3. The van der Waals surface area contributed by atoms with Crippen LogP contribution in [0.4, 0.5) is 10.5 Å². The van der Waals surface area contributed by atoms with Crippen LogP contribution in [0.1, 0.15) is 45.6 Å². The standard InChI is InChI=1S/C20H27N3O2/c1-19(2,3)25-18(24)23-13-10-20(15-23)8-11-22(12-9-20)17-7-5-4-6-16(17)14-21/h4-7H,8-13,15H2,1-3H3. The van der Waals surface area contributed by atoms with Gasteiger partial charge in [-0.1, -0.05) is 12.1 Å². The summed E-state index contributed by atoms with van der Waals surface area (Å²) in [4.78, 5) is 16.5. The summed E-state index contributed by atoms with van der Waals surface area (Å²) in [5, 5.41) is 9.31. The van der Waals surface area contributed by atoms with Gasteiger partial charge in [0, 0.05) is 26.2 Å². The number of piperidine rings is 1. The van der Waals surface area contributed by atoms with E-state index in [1.807, 2.05) is 49.9 Å². The summed E-state index contributed by atoms with van der Waals surface area (Å²) < 4.78 is 5.52. The number of amides is 1. The summed E-state index contributed by atoms with van der Waals surface area (Å²) in [5.74, 6) is 0. The predicted molar refractivity (Wildman–Crippen MR) is 97.5 cm³/mol. The Bertz CT molecular complexity index is 679. The molecule has 5 nitrogen and oxygen atoms in total. The monoisotopic (exact) mass is 341 g/mol. The fourth-order valence-corrected chi connectivity index (χ4v) is 3.89. The third kappa shape index (κ3) is 3.89. The van der Waals surface area contributed by atoms with Crippen LogP contribution in [0.2, 0.25) is 0 Å². The summed E-state index contributed by atoms with van der Waals surface area (Å²) >= 11 is 0. The van der Waals surface area contributed by atoms with Crippen LogP contribution >= 0.6 is 0 Å². The molecule has 2 aliphatic rings. The third-order valence-electron chi connectivity index (χ3n) is 5.28. The number of nitriles is 1. The van der Waals surface area contributed by atoms with E-state index in [1.54, 1.807) is 0 Å². The summed E-state index contributed by atoms with van der Waals surface area (Å²) in [6.07, 6.45) is 2.94. The Morgan fingerprint density at radius 1 is 1.16 bits per heavy atom. The Morgan fingerprint density at radius 3 is 2.44 bits per heavy atom. The number of nitrogens with zero attached hydrogens (tertiary/aromatic N) is 3. The maximum Gasteiger partial charge on any atom is 0.410 e. The topological polar surface area (TPSA) is 56.6 Å². The Labute approximate surface area is 150 Å². The van der Waals surface area contributed by atoms with Crippen LogP contribution in [0, 0.1) is 16.7 Å². The predicted octanol–water partition coefficient (Wildman–Crippen LogP) is 3.79. The molecule has 0 bridgehead atoms. The van der Waals surface area contributed by atoms with Crippen LogP contribution in [0.25, 0.3) is 0 Å². The van der Waals surface area contributed by atoms with Crippen LogP contribution in [-0.4, -0.2) is 42.8 Å². The summed E-state index contributed by atoms with van der Waals surface area (Å²) in [6, 6.07) is 10.1. The van der Waals surface area contributed by atoms with Crippen LogP contribution < -0.4 is 4.90 Å². The molecule has 0 radical (unpaired) electrons. The molecule has 0 N–H and O–H groups in total. The fourth-order valence-electron chi connectivity index (χ4n) is 3.89. The minimum atomic E-state index is -0.447. The van der Waals surface area contributed by atoms with Crippen LogP contribution in [0.5, 0.6) is 0 Å². The van der Waals surface area contributed by atoms with Gasteiger partial charge in [-0.3, -0.25) is 0 Å². The minimum absolute atomic E-state index is 0.193. The van der Waals surface area contributed by atoms with E-state index in [0.29, 0.717) is 0 Å². The number of hydrogen-bond acceptors (Lipinski definition) is 4. The van der Waals surface area contributed by atoms with Gasteiger partial charge in [0.15, 0.2) is 0 Å². The molecule has 5 heteroatoms. The van der Waals surface area contributed by atoms with Gasteiger partial charge in [-0.25, -0.2) is 4.79 Å². The zero-order chi connectivity index (χ0) is 18.1. The number of para-hydroxylation sites is 1. The van der Waals surface area contributed by atoms with Gasteiger partial charge in [0.2, 0.25) is 0 Å². The van der Waals surface area contributed by atoms with Gasteiger partial charge in [0.05, 0.1) is 11.3 Å². The molecule has 0 aromatic heterocycles. The molecule has 25 heavy (non-hydrogen) atoms. The Hall–Kier alpha value is -2.22. The Kier molecular flexibility index (Phi) is 4.64. The minimum Gasteiger partial charge on any atom is -0.444 e. The Morgan fingerprint density at radius 2 is 1.80 bits per heavy atom. The molecule has 0 saturated carbocycles. The Balaban J connectivity index is 1.61. The number of likely N-dealkylation sites (tertiary alicyclic amines) is 1. The molecule has 1 spiro atoms. The SMILES string of the molecule is CC(C)(C)OC(=O)N1CCC2(CCN(c3ccccc3C#N)CC2)C1. The van der Waals surface area contributed by atoms with Gasteiger partial charge < -0.3 is 14.5 Å². The lowest BCUT2D eigenvalue weighted by molar-refractivity contribution is 0.0266. The van der Waals surface area contributed by atoms with Gasteiger partial charge in [-0.2, -0.15) is 5.26 Å². The molecule has 2 heterocycles. The number of benzene rings is 1. The third-order valence-corrected chi connectivity index (χ3v) is 5.28. The lowest BCUT2D eigenvalue weighted by Gasteiger charge is -2.40. The first-order chi connectivity index (χ1) is 11.8. The van der Waals surface area contributed by atoms with E-state index >= 15 is 0 Å². The second kappa shape index (κ2) is 6.59. The lowest BCUT2D eigenvalue weighted by Crippen LogP contribution is -2.43. The number of hydrogen-bond donors (Lipinski definition) is 0. The van der Waals surface area contributed by atoms with E-state index in [9.17, 15) is 10.1 Å². The molecule has 0 atom stereocenters. The van der Waals surface area contributed by atoms with Gasteiger partial charge in [-0.15, -0.1) is 0 Å². The van der Waals surface area contributed by atoms with E-state index < -0.39 is 5.60 Å². The molecule has 3 rings (SSSR count). The number of carbonyl (C=O) groups is 1. The zero-order valence-corrected chi connectivity index (χ0v) is 15.4. The molecule has 1 aromatic carbocycles. The van der Waals surface area contributed by atoms with Gasteiger partial charge in [0.25, 0.3) is 0 Å². The average Bonchev–Trinajstić information content (AvgIpc) is 2.98. The molecule has 2 aliphatic heterocycles. The molecule has 1 aromatic rings. The van der Waals surface area contributed by atoms with Crippen LogP contribution in [0.15, 0.2) is 24.3 Å². The van der Waals surface area contributed by atoms with Crippen molar-refractivity contribution in [2.75, 3.05) is 31.1 Å². The number of anilines is 1. The second-order valence-corrected chi connectivity index (χ2v) is 8.27. The van der Waals surface area contributed by atoms with Crippen molar-refractivity contribution in [3.63, 3.8) is 0 Å². The first kappa shape index (κ1) is 17.6. The quantitative estimate of drug-likeness (QED) is 0.780. The highest BCUT2D eigenvalue weighted by atomic mass is 16.6. The van der Waals surface area contributed by atoms with Gasteiger partial charge >= 0.3 is 6.09 Å². The van der Waals surface area contributed by atoms with Gasteiger partial charge in [-0.05, 0) is 57.6 Å². The fraction of sp³-hybridized carbons (Fsp3) is 0.600. The van der Waals surface area contributed by atoms with Crippen molar-refractivity contribution in [1.82, 2.24) is 4.90 Å². The normalized spacial score (nSPS) is 19.8. The van der Waals surface area contributed by atoms with Gasteiger partial charge in [0.1, 0.15) is 11.7 Å². The van der Waals surface area contributed by atoms with Crippen molar-refractivity contribution in [3.05, 3.63) is 29.8 Å². The lowest BCUT2D eigenvalue weighted by atomic mass is 9.77. The van der Waals surface area contributed by atoms with Crippen molar-refractivity contribution in [3.8, 4) is 6.07 Å². The summed E-state index contributed by atoms with van der Waals surface area (Å²) in [5.41, 5.74) is 1.52. The van der Waals surface area contributed by atoms with E-state index in [0.717, 1.165) is 56.7 Å². The van der Waals surface area contributed by atoms with Crippen molar-refractivity contribution in [2.45, 2.75) is 45.6 Å². The van der Waals surface area contributed by atoms with E-state index in [1.165, 1.54) is 0 Å². The van der Waals surface area contributed by atoms with E-state index in [2.05, 4.69) is 11.0 Å². The molecule has 134 valence electrons. The number of ether oxygens (including phenoxy) is 1.